The standard InChI is InChI=1S/C23H24F2N4O4S/c1-32-20-11-17(19(29(30)31)12-21(20)33-23(24)25)13-27-7-9-28(10-8-27)14-18-15-34-22(26-18)16-5-3-2-4-6-16/h2-6,11-12,15,23H,7-10,13-14H2,1H3. The molecule has 4 rings (SSSR count). The fourth-order valence-corrected chi connectivity index (χ4v) is 4.72. The predicted octanol–water partition coefficient (Wildman–Crippen LogP) is 4.65. The van der Waals surface area contributed by atoms with Crippen molar-refractivity contribution in [3.8, 4) is 22.1 Å². The van der Waals surface area contributed by atoms with Gasteiger partial charge in [-0.1, -0.05) is 30.3 Å². The molecule has 0 atom stereocenters. The van der Waals surface area contributed by atoms with E-state index < -0.39 is 11.5 Å². The summed E-state index contributed by atoms with van der Waals surface area (Å²) in [6.07, 6.45) is 0. The van der Waals surface area contributed by atoms with Crippen LogP contribution in [0.2, 0.25) is 0 Å². The minimum atomic E-state index is -3.10. The van der Waals surface area contributed by atoms with Crippen LogP contribution < -0.4 is 9.47 Å². The van der Waals surface area contributed by atoms with E-state index >= 15 is 0 Å². The number of thiazole rings is 1. The molecule has 11 heteroatoms. The molecule has 1 aliphatic heterocycles. The third kappa shape index (κ3) is 5.85. The van der Waals surface area contributed by atoms with Gasteiger partial charge in [0.25, 0.3) is 5.69 Å². The van der Waals surface area contributed by atoms with Crippen LogP contribution in [-0.2, 0) is 13.1 Å². The van der Waals surface area contributed by atoms with Crippen molar-refractivity contribution in [1.29, 1.82) is 0 Å². The first-order chi connectivity index (χ1) is 16.4. The first kappa shape index (κ1) is 24.0. The molecule has 1 fully saturated rings. The molecule has 1 aromatic heterocycles. The molecule has 0 unspecified atom stereocenters. The average Bonchev–Trinajstić information content (AvgIpc) is 3.29. The SMILES string of the molecule is COc1cc(CN2CCN(Cc3csc(-c4ccccc4)n3)CC2)c([N+](=O)[O-])cc1OC(F)F. The summed E-state index contributed by atoms with van der Waals surface area (Å²) in [7, 11) is 1.31. The number of piperazine rings is 1. The Balaban J connectivity index is 1.37. The molecule has 0 aliphatic carbocycles. The lowest BCUT2D eigenvalue weighted by atomic mass is 10.1. The van der Waals surface area contributed by atoms with E-state index in [9.17, 15) is 18.9 Å². The zero-order valence-corrected chi connectivity index (χ0v) is 19.3. The maximum Gasteiger partial charge on any atom is 0.387 e. The normalized spacial score (nSPS) is 14.9. The van der Waals surface area contributed by atoms with Gasteiger partial charge in [-0.25, -0.2) is 4.98 Å². The largest absolute Gasteiger partial charge is 0.493 e. The average molecular weight is 491 g/mol. The number of ether oxygens (including phenoxy) is 2. The topological polar surface area (TPSA) is 81.0 Å². The second-order valence-corrected chi connectivity index (χ2v) is 8.69. The summed E-state index contributed by atoms with van der Waals surface area (Å²) in [6, 6.07) is 12.5. The Bertz CT molecular complexity index is 1120. The number of benzene rings is 2. The molecule has 0 amide bonds. The van der Waals surface area contributed by atoms with Gasteiger partial charge in [-0.15, -0.1) is 11.3 Å². The number of hydrogen-bond acceptors (Lipinski definition) is 8. The molecule has 34 heavy (non-hydrogen) atoms. The van der Waals surface area contributed by atoms with E-state index in [1.54, 1.807) is 11.3 Å². The van der Waals surface area contributed by atoms with Gasteiger partial charge in [-0.05, 0) is 6.07 Å². The minimum absolute atomic E-state index is 0.0392. The lowest BCUT2D eigenvalue weighted by Crippen LogP contribution is -2.45. The Kier molecular flexibility index (Phi) is 7.66. The number of nitro groups is 1. The highest BCUT2D eigenvalue weighted by molar-refractivity contribution is 7.13. The van der Waals surface area contributed by atoms with Crippen molar-refractivity contribution in [2.24, 2.45) is 0 Å². The van der Waals surface area contributed by atoms with Crippen molar-refractivity contribution >= 4 is 17.0 Å². The number of halogens is 2. The van der Waals surface area contributed by atoms with Gasteiger partial charge in [0.2, 0.25) is 0 Å². The molecule has 2 aromatic carbocycles. The van der Waals surface area contributed by atoms with Crippen LogP contribution in [-0.4, -0.2) is 59.6 Å². The molecule has 1 saturated heterocycles. The van der Waals surface area contributed by atoms with Crippen LogP contribution in [0.3, 0.4) is 0 Å². The smallest absolute Gasteiger partial charge is 0.387 e. The monoisotopic (exact) mass is 490 g/mol. The Morgan fingerprint density at radius 2 is 1.76 bits per heavy atom. The molecule has 0 N–H and O–H groups in total. The summed E-state index contributed by atoms with van der Waals surface area (Å²) in [5.41, 5.74) is 2.25. The number of nitrogens with zero attached hydrogens (tertiary/aromatic N) is 4. The minimum Gasteiger partial charge on any atom is -0.493 e. The number of nitro benzene ring substituents is 1. The summed E-state index contributed by atoms with van der Waals surface area (Å²) in [4.78, 5) is 20.1. The number of hydrogen-bond donors (Lipinski definition) is 0. The van der Waals surface area contributed by atoms with Crippen LogP contribution in [0.5, 0.6) is 11.5 Å². The highest BCUT2D eigenvalue weighted by atomic mass is 32.1. The van der Waals surface area contributed by atoms with Crippen molar-refractivity contribution in [1.82, 2.24) is 14.8 Å². The van der Waals surface area contributed by atoms with E-state index in [0.29, 0.717) is 25.2 Å². The molecule has 3 aromatic rings. The van der Waals surface area contributed by atoms with E-state index in [-0.39, 0.29) is 17.2 Å². The number of methoxy groups -OCH3 is 1. The Morgan fingerprint density at radius 3 is 2.38 bits per heavy atom. The third-order valence-corrected chi connectivity index (χ3v) is 6.53. The molecule has 0 radical (unpaired) electrons. The van der Waals surface area contributed by atoms with Gasteiger partial charge < -0.3 is 9.47 Å². The van der Waals surface area contributed by atoms with E-state index in [0.717, 1.165) is 42.0 Å². The Hall–Kier alpha value is -3.15. The second kappa shape index (κ2) is 10.9. The number of alkyl halides is 2. The van der Waals surface area contributed by atoms with Gasteiger partial charge in [0, 0.05) is 55.8 Å². The maximum absolute atomic E-state index is 12.7. The molecule has 0 spiro atoms. The van der Waals surface area contributed by atoms with Crippen LogP contribution in [0.15, 0.2) is 47.8 Å². The summed E-state index contributed by atoms with van der Waals surface area (Å²) in [5.74, 6) is -0.312. The first-order valence-electron chi connectivity index (χ1n) is 10.7. The van der Waals surface area contributed by atoms with Gasteiger partial charge in [-0.3, -0.25) is 19.9 Å². The summed E-state index contributed by atoms with van der Waals surface area (Å²) >= 11 is 1.62. The molecular formula is C23H24F2N4O4S. The molecule has 0 bridgehead atoms. The van der Waals surface area contributed by atoms with E-state index in [1.165, 1.54) is 13.2 Å². The molecule has 0 saturated carbocycles. The highest BCUT2D eigenvalue weighted by Crippen LogP contribution is 2.36. The van der Waals surface area contributed by atoms with Crippen LogP contribution in [0.4, 0.5) is 14.5 Å². The lowest BCUT2D eigenvalue weighted by molar-refractivity contribution is -0.385. The van der Waals surface area contributed by atoms with E-state index in [2.05, 4.69) is 19.9 Å². The molecule has 1 aliphatic rings. The van der Waals surface area contributed by atoms with Crippen molar-refractivity contribution in [2.75, 3.05) is 33.3 Å². The van der Waals surface area contributed by atoms with Crippen LogP contribution in [0, 0.1) is 10.1 Å². The Labute approximate surface area is 199 Å². The van der Waals surface area contributed by atoms with Gasteiger partial charge in [0.05, 0.1) is 23.8 Å². The summed E-state index contributed by atoms with van der Waals surface area (Å²) in [6.45, 7) is 0.948. The first-order valence-corrected chi connectivity index (χ1v) is 11.6. The molecule has 180 valence electrons. The molecular weight excluding hydrogens is 466 g/mol. The van der Waals surface area contributed by atoms with Gasteiger partial charge in [0.15, 0.2) is 11.5 Å². The second-order valence-electron chi connectivity index (χ2n) is 7.83. The zero-order valence-electron chi connectivity index (χ0n) is 18.5. The van der Waals surface area contributed by atoms with Crippen molar-refractivity contribution in [3.63, 3.8) is 0 Å². The van der Waals surface area contributed by atoms with Crippen LogP contribution in [0.25, 0.3) is 10.6 Å². The van der Waals surface area contributed by atoms with Crippen LogP contribution in [0.1, 0.15) is 11.3 Å². The van der Waals surface area contributed by atoms with Crippen LogP contribution >= 0.6 is 11.3 Å². The van der Waals surface area contributed by atoms with Gasteiger partial charge in [-0.2, -0.15) is 8.78 Å². The predicted molar refractivity (Wildman–Crippen MR) is 124 cm³/mol. The van der Waals surface area contributed by atoms with Crippen molar-refractivity contribution < 1.29 is 23.2 Å². The fraction of sp³-hybridized carbons (Fsp3) is 0.348. The summed E-state index contributed by atoms with van der Waals surface area (Å²) < 4.78 is 34.8. The quantitative estimate of drug-likeness (QED) is 0.319. The third-order valence-electron chi connectivity index (χ3n) is 5.59. The number of aromatic nitrogens is 1. The zero-order chi connectivity index (χ0) is 24.1. The van der Waals surface area contributed by atoms with E-state index in [1.807, 2.05) is 30.3 Å². The maximum atomic E-state index is 12.7. The van der Waals surface area contributed by atoms with E-state index in [4.69, 9.17) is 9.72 Å². The lowest BCUT2D eigenvalue weighted by Gasteiger charge is -2.34. The molecule has 8 nitrogen and oxygen atoms in total. The van der Waals surface area contributed by atoms with Crippen molar-refractivity contribution in [2.45, 2.75) is 19.7 Å². The fourth-order valence-electron chi connectivity index (χ4n) is 3.90. The van der Waals surface area contributed by atoms with Gasteiger partial charge >= 0.3 is 6.61 Å². The molecule has 2 heterocycles. The summed E-state index contributed by atoms with van der Waals surface area (Å²) in [5, 5.41) is 14.6. The number of rotatable bonds is 9. The Morgan fingerprint density at radius 1 is 1.09 bits per heavy atom. The van der Waals surface area contributed by atoms with Gasteiger partial charge in [0.1, 0.15) is 5.01 Å². The highest BCUT2D eigenvalue weighted by Gasteiger charge is 2.25. The van der Waals surface area contributed by atoms with Crippen molar-refractivity contribution in [3.05, 3.63) is 69.2 Å².